The van der Waals surface area contributed by atoms with Gasteiger partial charge in [-0.05, 0) is 18.2 Å². The molecule has 9 heteroatoms. The van der Waals surface area contributed by atoms with E-state index in [1.54, 1.807) is 30.7 Å². The molecule has 0 radical (unpaired) electrons. The van der Waals surface area contributed by atoms with Gasteiger partial charge in [-0.3, -0.25) is 19.6 Å². The zero-order valence-electron chi connectivity index (χ0n) is 14.9. The maximum absolute atomic E-state index is 12.1. The summed E-state index contributed by atoms with van der Waals surface area (Å²) in [6, 6.07) is 7.11. The van der Waals surface area contributed by atoms with Crippen molar-refractivity contribution in [3.05, 3.63) is 58.9 Å². The van der Waals surface area contributed by atoms with E-state index in [1.165, 1.54) is 4.68 Å². The Morgan fingerprint density at radius 3 is 2.59 bits per heavy atom. The summed E-state index contributed by atoms with van der Waals surface area (Å²) in [5.41, 5.74) is 2.43. The molecule has 0 amide bonds. The van der Waals surface area contributed by atoms with Crippen molar-refractivity contribution in [2.24, 2.45) is 0 Å². The minimum Gasteiger partial charge on any atom is -0.299 e. The summed E-state index contributed by atoms with van der Waals surface area (Å²) in [5, 5.41) is 12.0. The highest BCUT2D eigenvalue weighted by molar-refractivity contribution is 5.56. The van der Waals surface area contributed by atoms with Crippen molar-refractivity contribution in [2.45, 2.75) is 13.1 Å². The van der Waals surface area contributed by atoms with Crippen LogP contribution in [0.5, 0.6) is 0 Å². The number of nitrogens with zero attached hydrogens (tertiary/aromatic N) is 7. The molecule has 9 nitrogen and oxygen atoms in total. The third-order valence-corrected chi connectivity index (χ3v) is 4.71. The van der Waals surface area contributed by atoms with Gasteiger partial charge in [0.1, 0.15) is 5.69 Å². The van der Waals surface area contributed by atoms with Crippen LogP contribution in [0.4, 0.5) is 0 Å². The zero-order chi connectivity index (χ0) is 18.5. The predicted molar refractivity (Wildman–Crippen MR) is 97.7 cm³/mol. The average molecular weight is 367 g/mol. The Morgan fingerprint density at radius 1 is 1.00 bits per heavy atom. The smallest absolute Gasteiger partial charge is 0.266 e. The van der Waals surface area contributed by atoms with Crippen LogP contribution < -0.4 is 5.56 Å². The first-order valence-corrected chi connectivity index (χ1v) is 8.98. The lowest BCUT2D eigenvalue weighted by atomic mass is 10.2. The van der Waals surface area contributed by atoms with Gasteiger partial charge in [0.2, 0.25) is 0 Å². The van der Waals surface area contributed by atoms with Crippen molar-refractivity contribution in [1.29, 1.82) is 0 Å². The van der Waals surface area contributed by atoms with Crippen molar-refractivity contribution in [3.63, 3.8) is 0 Å². The second kappa shape index (κ2) is 8.19. The van der Waals surface area contributed by atoms with Crippen molar-refractivity contribution >= 4 is 0 Å². The van der Waals surface area contributed by atoms with Gasteiger partial charge in [-0.25, -0.2) is 9.31 Å². The molecule has 3 aromatic rings. The number of aromatic nitrogens is 5. The molecule has 1 fully saturated rings. The zero-order valence-corrected chi connectivity index (χ0v) is 14.9. The fraction of sp³-hybridized carbons (Fsp3) is 0.389. The van der Waals surface area contributed by atoms with Gasteiger partial charge in [0.05, 0.1) is 18.4 Å². The number of piperazine rings is 1. The normalized spacial score (nSPS) is 15.9. The van der Waals surface area contributed by atoms with E-state index in [0.717, 1.165) is 56.2 Å². The lowest BCUT2D eigenvalue weighted by Gasteiger charge is -2.34. The lowest BCUT2D eigenvalue weighted by Crippen LogP contribution is -2.47. The van der Waals surface area contributed by atoms with Crippen LogP contribution in [0.2, 0.25) is 0 Å². The molecule has 1 aliphatic rings. The van der Waals surface area contributed by atoms with Gasteiger partial charge in [0.25, 0.3) is 5.56 Å². The van der Waals surface area contributed by atoms with Crippen molar-refractivity contribution in [3.8, 4) is 11.3 Å². The monoisotopic (exact) mass is 367 g/mol. The number of hydrogen-bond acceptors (Lipinski definition) is 8. The van der Waals surface area contributed by atoms with Crippen LogP contribution in [-0.2, 0) is 13.1 Å². The summed E-state index contributed by atoms with van der Waals surface area (Å²) >= 11 is 0. The molecule has 27 heavy (non-hydrogen) atoms. The Labute approximate surface area is 156 Å². The molecule has 0 spiro atoms. The van der Waals surface area contributed by atoms with E-state index in [0.29, 0.717) is 6.54 Å². The summed E-state index contributed by atoms with van der Waals surface area (Å²) in [6.45, 7) is 5.91. The summed E-state index contributed by atoms with van der Waals surface area (Å²) in [7, 11) is 0. The minimum atomic E-state index is -0.0835. The van der Waals surface area contributed by atoms with Crippen molar-refractivity contribution in [2.75, 3.05) is 32.7 Å². The van der Waals surface area contributed by atoms with E-state index < -0.39 is 0 Å². The molecule has 0 bridgehead atoms. The Bertz CT molecular complexity index is 903. The Hall–Kier alpha value is -2.91. The van der Waals surface area contributed by atoms with Gasteiger partial charge in [-0.15, -0.1) is 0 Å². The van der Waals surface area contributed by atoms with Crippen LogP contribution in [0.3, 0.4) is 0 Å². The van der Waals surface area contributed by atoms with Crippen molar-refractivity contribution in [1.82, 2.24) is 34.9 Å². The summed E-state index contributed by atoms with van der Waals surface area (Å²) in [4.78, 5) is 20.9. The van der Waals surface area contributed by atoms with Crippen LogP contribution in [-0.4, -0.2) is 67.6 Å². The number of hydrogen-bond donors (Lipinski definition) is 0. The molecular formula is C18H21N7O2. The van der Waals surface area contributed by atoms with Gasteiger partial charge in [0.15, 0.2) is 0 Å². The summed E-state index contributed by atoms with van der Waals surface area (Å²) in [5.74, 6) is 0. The largest absolute Gasteiger partial charge is 0.299 e. The third-order valence-electron chi connectivity index (χ3n) is 4.71. The van der Waals surface area contributed by atoms with Crippen molar-refractivity contribution < 1.29 is 4.63 Å². The molecule has 4 heterocycles. The summed E-state index contributed by atoms with van der Waals surface area (Å²) in [6.07, 6.45) is 5.12. The van der Waals surface area contributed by atoms with Crippen LogP contribution >= 0.6 is 0 Å². The molecule has 0 aromatic carbocycles. The van der Waals surface area contributed by atoms with E-state index in [-0.39, 0.29) is 5.56 Å². The molecule has 4 rings (SSSR count). The first-order valence-electron chi connectivity index (χ1n) is 8.98. The fourth-order valence-corrected chi connectivity index (χ4v) is 3.17. The molecule has 0 unspecified atom stereocenters. The molecule has 0 saturated carbocycles. The fourth-order valence-electron chi connectivity index (χ4n) is 3.17. The molecule has 1 aliphatic heterocycles. The topological polar surface area (TPSA) is 93.2 Å². The highest BCUT2D eigenvalue weighted by Gasteiger charge is 2.18. The molecule has 0 N–H and O–H groups in total. The van der Waals surface area contributed by atoms with Gasteiger partial charge >= 0.3 is 0 Å². The Kier molecular flexibility index (Phi) is 5.31. The van der Waals surface area contributed by atoms with E-state index in [1.807, 2.05) is 12.1 Å². The molecule has 1 saturated heterocycles. The quantitative estimate of drug-likeness (QED) is 0.622. The predicted octanol–water partition coefficient (Wildman–Crippen LogP) is 0.506. The van der Waals surface area contributed by atoms with E-state index in [2.05, 4.69) is 34.8 Å². The Balaban J connectivity index is 1.32. The number of rotatable bonds is 6. The molecule has 0 atom stereocenters. The minimum absolute atomic E-state index is 0.0835. The van der Waals surface area contributed by atoms with Crippen LogP contribution in [0.1, 0.15) is 5.69 Å². The van der Waals surface area contributed by atoms with E-state index in [4.69, 9.17) is 0 Å². The maximum Gasteiger partial charge on any atom is 0.266 e. The number of pyridine rings is 1. The van der Waals surface area contributed by atoms with Gasteiger partial charge in [-0.1, -0.05) is 10.3 Å². The first kappa shape index (κ1) is 17.5. The Morgan fingerprint density at radius 2 is 1.85 bits per heavy atom. The maximum atomic E-state index is 12.1. The molecule has 3 aromatic heterocycles. The first-order chi connectivity index (χ1) is 13.3. The standard InChI is InChI=1S/C18H21N7O2/c26-18-4-3-17(15-2-1-5-19-12-15)21-25(18)11-10-23-6-8-24(9-7-23)14-16-13-20-27-22-16/h1-5,12-13H,6-11,14H2. The van der Waals surface area contributed by atoms with Gasteiger partial charge in [0, 0.05) is 63.3 Å². The van der Waals surface area contributed by atoms with E-state index in [9.17, 15) is 4.79 Å². The molecular weight excluding hydrogens is 346 g/mol. The molecule has 0 aliphatic carbocycles. The summed E-state index contributed by atoms with van der Waals surface area (Å²) < 4.78 is 6.17. The van der Waals surface area contributed by atoms with Crippen LogP contribution in [0, 0.1) is 0 Å². The average Bonchev–Trinajstić information content (AvgIpc) is 3.22. The second-order valence-corrected chi connectivity index (χ2v) is 6.54. The highest BCUT2D eigenvalue weighted by Crippen LogP contribution is 2.12. The highest BCUT2D eigenvalue weighted by atomic mass is 16.6. The van der Waals surface area contributed by atoms with E-state index >= 15 is 0 Å². The van der Waals surface area contributed by atoms with Crippen LogP contribution in [0.15, 0.2) is 52.3 Å². The second-order valence-electron chi connectivity index (χ2n) is 6.54. The van der Waals surface area contributed by atoms with Gasteiger partial charge < -0.3 is 0 Å². The van der Waals surface area contributed by atoms with Gasteiger partial charge in [-0.2, -0.15) is 5.10 Å². The lowest BCUT2D eigenvalue weighted by molar-refractivity contribution is 0.120. The van der Waals surface area contributed by atoms with Crippen LogP contribution in [0.25, 0.3) is 11.3 Å². The third kappa shape index (κ3) is 4.44. The SMILES string of the molecule is O=c1ccc(-c2cccnc2)nn1CCN1CCN(Cc2cnon2)CC1. The molecule has 140 valence electrons.